The van der Waals surface area contributed by atoms with E-state index in [4.69, 9.17) is 39.5 Å². The maximum absolute atomic E-state index is 13.4. The number of benzene rings is 1. The number of sulfonamides is 1. The van der Waals surface area contributed by atoms with Gasteiger partial charge in [0, 0.05) is 12.4 Å². The predicted molar refractivity (Wildman–Crippen MR) is 73.1 cm³/mol. The summed E-state index contributed by atoms with van der Waals surface area (Å²) in [6, 6.07) is 2.26. The molecule has 0 fully saturated rings. The molecule has 9 heteroatoms. The highest BCUT2D eigenvalue weighted by molar-refractivity contribution is 7.89. The fourth-order valence-electron chi connectivity index (χ4n) is 1.20. The van der Waals surface area contributed by atoms with Crippen LogP contribution in [0.2, 0.25) is 10.0 Å². The third kappa shape index (κ3) is 4.73. The topological polar surface area (TPSA) is 55.4 Å². The Balaban J connectivity index is 2.75. The highest BCUT2D eigenvalue weighted by atomic mass is 35.5. The Labute approximate surface area is 125 Å². The highest BCUT2D eigenvalue weighted by Gasteiger charge is 2.21. The van der Waals surface area contributed by atoms with E-state index in [1.54, 1.807) is 0 Å². The second-order valence-electron chi connectivity index (χ2n) is 3.37. The molecule has 0 saturated heterocycles. The molecular weight excluding hydrogens is 340 g/mol. The molecule has 0 aromatic heterocycles. The molecule has 108 valence electrons. The molecule has 19 heavy (non-hydrogen) atoms. The fourth-order valence-corrected chi connectivity index (χ4v) is 3.06. The molecule has 1 N–H and O–H groups in total. The van der Waals surface area contributed by atoms with E-state index in [1.807, 2.05) is 0 Å². The molecule has 0 unspecified atom stereocenters. The molecule has 0 saturated carbocycles. The van der Waals surface area contributed by atoms with Gasteiger partial charge in [-0.05, 0) is 12.1 Å². The summed E-state index contributed by atoms with van der Waals surface area (Å²) in [4.78, 5) is -0.367. The number of halogens is 4. The van der Waals surface area contributed by atoms with Crippen LogP contribution in [0, 0.1) is 5.82 Å². The minimum absolute atomic E-state index is 0.0276. The van der Waals surface area contributed by atoms with Crippen LogP contribution in [-0.2, 0) is 14.8 Å². The van der Waals surface area contributed by atoms with Crippen molar-refractivity contribution in [3.8, 4) is 0 Å². The van der Waals surface area contributed by atoms with Crippen molar-refractivity contribution in [2.45, 2.75) is 4.90 Å². The minimum atomic E-state index is -3.91. The van der Waals surface area contributed by atoms with E-state index in [0.29, 0.717) is 12.5 Å². The second kappa shape index (κ2) is 7.61. The Hall–Kier alpha value is -0.110. The number of hydrogen-bond acceptors (Lipinski definition) is 3. The van der Waals surface area contributed by atoms with Crippen molar-refractivity contribution in [1.82, 2.24) is 4.72 Å². The van der Waals surface area contributed by atoms with E-state index in [-0.39, 0.29) is 23.1 Å². The molecule has 0 amide bonds. The van der Waals surface area contributed by atoms with E-state index in [2.05, 4.69) is 4.72 Å². The van der Waals surface area contributed by atoms with Crippen molar-refractivity contribution < 1.29 is 17.5 Å². The van der Waals surface area contributed by atoms with Crippen LogP contribution in [0.3, 0.4) is 0 Å². The van der Waals surface area contributed by atoms with Gasteiger partial charge in [0.1, 0.15) is 4.90 Å². The Bertz CT molecular complexity index is 539. The standard InChI is InChI=1S/C10H11Cl3FNO3S/c11-3-5-18-6-4-15-19(16,17)8-2-1-7(12)10(14)9(8)13/h1-2,15H,3-6H2. The van der Waals surface area contributed by atoms with Crippen LogP contribution in [0.15, 0.2) is 17.0 Å². The van der Waals surface area contributed by atoms with Gasteiger partial charge < -0.3 is 4.74 Å². The van der Waals surface area contributed by atoms with Gasteiger partial charge in [0.05, 0.1) is 23.3 Å². The maximum atomic E-state index is 13.4. The summed E-state index contributed by atoms with van der Waals surface area (Å²) < 4.78 is 44.4. The smallest absolute Gasteiger partial charge is 0.242 e. The van der Waals surface area contributed by atoms with Gasteiger partial charge in [0.15, 0.2) is 5.82 Å². The van der Waals surface area contributed by atoms with Gasteiger partial charge in [-0.3, -0.25) is 0 Å². The lowest BCUT2D eigenvalue weighted by atomic mass is 10.3. The Morgan fingerprint density at radius 3 is 2.58 bits per heavy atom. The fraction of sp³-hybridized carbons (Fsp3) is 0.400. The van der Waals surface area contributed by atoms with Crippen molar-refractivity contribution in [1.29, 1.82) is 0 Å². The van der Waals surface area contributed by atoms with E-state index < -0.39 is 20.9 Å². The molecular formula is C10H11Cl3FNO3S. The van der Waals surface area contributed by atoms with Crippen molar-refractivity contribution >= 4 is 44.8 Å². The van der Waals surface area contributed by atoms with Crippen molar-refractivity contribution in [2.24, 2.45) is 0 Å². The second-order valence-corrected chi connectivity index (χ2v) is 6.27. The molecule has 1 aromatic rings. The molecule has 0 aliphatic heterocycles. The van der Waals surface area contributed by atoms with E-state index in [1.165, 1.54) is 0 Å². The van der Waals surface area contributed by atoms with E-state index >= 15 is 0 Å². The zero-order chi connectivity index (χ0) is 14.5. The molecule has 1 aromatic carbocycles. The van der Waals surface area contributed by atoms with Gasteiger partial charge in [-0.1, -0.05) is 23.2 Å². The molecule has 0 atom stereocenters. The zero-order valence-corrected chi connectivity index (χ0v) is 12.7. The first-order valence-corrected chi connectivity index (χ1v) is 7.94. The van der Waals surface area contributed by atoms with Crippen LogP contribution in [0.25, 0.3) is 0 Å². The summed E-state index contributed by atoms with van der Waals surface area (Å²) in [5.41, 5.74) is 0. The molecule has 0 heterocycles. The van der Waals surface area contributed by atoms with Crippen LogP contribution in [-0.4, -0.2) is 34.1 Å². The Kier molecular flexibility index (Phi) is 6.79. The number of hydrogen-bond donors (Lipinski definition) is 1. The predicted octanol–water partition coefficient (Wildman–Crippen LogP) is 2.67. The molecule has 0 bridgehead atoms. The first kappa shape index (κ1) is 16.9. The van der Waals surface area contributed by atoms with Crippen molar-refractivity contribution in [2.75, 3.05) is 25.6 Å². The van der Waals surface area contributed by atoms with Gasteiger partial charge in [0.25, 0.3) is 0 Å². The first-order valence-electron chi connectivity index (χ1n) is 5.17. The van der Waals surface area contributed by atoms with Crippen LogP contribution >= 0.6 is 34.8 Å². The van der Waals surface area contributed by atoms with Gasteiger partial charge in [-0.2, -0.15) is 0 Å². The largest absolute Gasteiger partial charge is 0.379 e. The lowest BCUT2D eigenvalue weighted by molar-refractivity contribution is 0.155. The van der Waals surface area contributed by atoms with Gasteiger partial charge in [-0.25, -0.2) is 17.5 Å². The van der Waals surface area contributed by atoms with E-state index in [0.717, 1.165) is 12.1 Å². The van der Waals surface area contributed by atoms with Gasteiger partial charge in [-0.15, -0.1) is 11.6 Å². The summed E-state index contributed by atoms with van der Waals surface area (Å²) in [5, 5.41) is -0.781. The summed E-state index contributed by atoms with van der Waals surface area (Å²) in [5.74, 6) is -0.648. The third-order valence-electron chi connectivity index (χ3n) is 2.05. The molecule has 0 aliphatic rings. The molecule has 1 rings (SSSR count). The van der Waals surface area contributed by atoms with E-state index in [9.17, 15) is 12.8 Å². The van der Waals surface area contributed by atoms with Crippen LogP contribution in [0.4, 0.5) is 4.39 Å². The lowest BCUT2D eigenvalue weighted by Crippen LogP contribution is -2.28. The quantitative estimate of drug-likeness (QED) is 0.467. The van der Waals surface area contributed by atoms with Crippen molar-refractivity contribution in [3.05, 3.63) is 28.0 Å². The molecule has 0 spiro atoms. The lowest BCUT2D eigenvalue weighted by Gasteiger charge is -2.09. The van der Waals surface area contributed by atoms with Crippen LogP contribution in [0.5, 0.6) is 0 Å². The maximum Gasteiger partial charge on any atom is 0.242 e. The third-order valence-corrected chi connectivity index (χ3v) is 4.48. The van der Waals surface area contributed by atoms with Crippen LogP contribution < -0.4 is 4.72 Å². The van der Waals surface area contributed by atoms with Crippen LogP contribution in [0.1, 0.15) is 0 Å². The Morgan fingerprint density at radius 1 is 1.26 bits per heavy atom. The first-order chi connectivity index (χ1) is 8.90. The minimum Gasteiger partial charge on any atom is -0.379 e. The normalized spacial score (nSPS) is 11.8. The highest BCUT2D eigenvalue weighted by Crippen LogP contribution is 2.29. The summed E-state index contributed by atoms with van der Waals surface area (Å²) >= 11 is 16.5. The summed E-state index contributed by atoms with van der Waals surface area (Å²) in [6.07, 6.45) is 0. The number of ether oxygens (including phenoxy) is 1. The summed E-state index contributed by atoms with van der Waals surface area (Å²) in [7, 11) is -3.91. The average Bonchev–Trinajstić information content (AvgIpc) is 2.35. The molecule has 4 nitrogen and oxygen atoms in total. The monoisotopic (exact) mass is 349 g/mol. The van der Waals surface area contributed by atoms with Gasteiger partial charge in [0.2, 0.25) is 10.0 Å². The molecule has 0 radical (unpaired) electrons. The van der Waals surface area contributed by atoms with Crippen molar-refractivity contribution in [3.63, 3.8) is 0 Å². The summed E-state index contributed by atoms with van der Waals surface area (Å²) in [6.45, 7) is 0.499. The number of alkyl halides is 1. The molecule has 0 aliphatic carbocycles. The average molecular weight is 351 g/mol. The zero-order valence-electron chi connectivity index (χ0n) is 9.63. The SMILES string of the molecule is O=S(=O)(NCCOCCCl)c1ccc(Cl)c(F)c1Cl. The van der Waals surface area contributed by atoms with Gasteiger partial charge >= 0.3 is 0 Å². The Morgan fingerprint density at radius 2 is 1.95 bits per heavy atom. The number of nitrogens with one attached hydrogen (secondary N) is 1. The number of rotatable bonds is 7.